The summed E-state index contributed by atoms with van der Waals surface area (Å²) >= 11 is 0. The van der Waals surface area contributed by atoms with Crippen molar-refractivity contribution in [3.63, 3.8) is 0 Å². The van der Waals surface area contributed by atoms with Gasteiger partial charge in [0, 0.05) is 43.5 Å². The molecule has 0 spiro atoms. The molecule has 2 heterocycles. The van der Waals surface area contributed by atoms with Crippen LogP contribution >= 0.6 is 0 Å². The fourth-order valence-electron chi connectivity index (χ4n) is 4.55. The van der Waals surface area contributed by atoms with Crippen molar-refractivity contribution in [2.75, 3.05) is 38.8 Å². The van der Waals surface area contributed by atoms with E-state index in [9.17, 15) is 0 Å². The number of fused-ring (bicyclic) bond motifs is 3. The van der Waals surface area contributed by atoms with E-state index < -0.39 is 0 Å². The summed E-state index contributed by atoms with van der Waals surface area (Å²) in [5.41, 5.74) is 5.91. The molecule has 0 atom stereocenters. The number of pyridine rings is 1. The van der Waals surface area contributed by atoms with Gasteiger partial charge >= 0.3 is 0 Å². The van der Waals surface area contributed by atoms with E-state index in [0.717, 1.165) is 54.6 Å². The van der Waals surface area contributed by atoms with Crippen LogP contribution < -0.4 is 14.8 Å². The number of benzene rings is 3. The molecule has 1 aliphatic rings. The summed E-state index contributed by atoms with van der Waals surface area (Å²) < 4.78 is 17.4. The van der Waals surface area contributed by atoms with Crippen LogP contribution in [0.2, 0.25) is 0 Å². The quantitative estimate of drug-likeness (QED) is 0.376. The van der Waals surface area contributed by atoms with Crippen molar-refractivity contribution in [3.8, 4) is 11.5 Å². The summed E-state index contributed by atoms with van der Waals surface area (Å²) in [7, 11) is 1.69. The van der Waals surface area contributed by atoms with E-state index in [0.29, 0.717) is 19.8 Å². The average Bonchev–Trinajstić information content (AvgIpc) is 2.92. The van der Waals surface area contributed by atoms with E-state index in [1.54, 1.807) is 13.3 Å². The molecule has 5 rings (SSSR count). The molecule has 37 heavy (non-hydrogen) atoms. The highest BCUT2D eigenvalue weighted by atomic mass is 16.5. The number of anilines is 2. The first-order valence-electron chi connectivity index (χ1n) is 12.7. The van der Waals surface area contributed by atoms with Crippen LogP contribution in [0, 0.1) is 0 Å². The normalized spacial score (nSPS) is 14.6. The largest absolute Gasteiger partial charge is 0.497 e. The molecule has 0 saturated heterocycles. The zero-order chi connectivity index (χ0) is 25.3. The van der Waals surface area contributed by atoms with Crippen LogP contribution in [0.25, 0.3) is 0 Å². The van der Waals surface area contributed by atoms with Crippen molar-refractivity contribution in [2.45, 2.75) is 19.5 Å². The molecule has 0 fully saturated rings. The first-order valence-corrected chi connectivity index (χ1v) is 12.7. The lowest BCUT2D eigenvalue weighted by Crippen LogP contribution is -2.27. The molecule has 0 unspecified atom stereocenters. The lowest BCUT2D eigenvalue weighted by Gasteiger charge is -2.23. The molecule has 0 amide bonds. The Kier molecular flexibility index (Phi) is 8.31. The van der Waals surface area contributed by atoms with Gasteiger partial charge in [0.2, 0.25) is 0 Å². The molecule has 3 aromatic carbocycles. The van der Waals surface area contributed by atoms with Gasteiger partial charge in [-0.3, -0.25) is 4.90 Å². The van der Waals surface area contributed by atoms with Crippen LogP contribution in [-0.2, 0) is 24.2 Å². The van der Waals surface area contributed by atoms with Gasteiger partial charge in [-0.05, 0) is 59.2 Å². The Balaban J connectivity index is 1.37. The van der Waals surface area contributed by atoms with Gasteiger partial charge < -0.3 is 19.5 Å². The van der Waals surface area contributed by atoms with E-state index in [4.69, 9.17) is 14.2 Å². The number of nitrogens with one attached hydrogen (secondary N) is 1. The van der Waals surface area contributed by atoms with E-state index in [2.05, 4.69) is 57.7 Å². The predicted molar refractivity (Wildman–Crippen MR) is 147 cm³/mol. The van der Waals surface area contributed by atoms with Gasteiger partial charge in [0.15, 0.2) is 0 Å². The third-order valence-electron chi connectivity index (χ3n) is 6.39. The molecular weight excluding hydrogens is 462 g/mol. The molecule has 190 valence electrons. The number of rotatable bonds is 5. The number of hydrogen-bond acceptors (Lipinski definition) is 6. The maximum absolute atomic E-state index is 6.16. The van der Waals surface area contributed by atoms with Crippen LogP contribution in [0.1, 0.15) is 22.3 Å². The van der Waals surface area contributed by atoms with E-state index in [-0.39, 0.29) is 0 Å². The van der Waals surface area contributed by atoms with Crippen molar-refractivity contribution in [1.82, 2.24) is 9.88 Å². The second-order valence-corrected chi connectivity index (χ2v) is 9.18. The van der Waals surface area contributed by atoms with Crippen molar-refractivity contribution < 1.29 is 14.2 Å². The average molecular weight is 496 g/mol. The molecule has 1 N–H and O–H groups in total. The summed E-state index contributed by atoms with van der Waals surface area (Å²) in [6, 6.07) is 29.2. The number of ether oxygens (including phenoxy) is 3. The highest BCUT2D eigenvalue weighted by molar-refractivity contribution is 5.59. The van der Waals surface area contributed by atoms with Crippen molar-refractivity contribution in [3.05, 3.63) is 113 Å². The van der Waals surface area contributed by atoms with Crippen LogP contribution in [0.15, 0.2) is 91.1 Å². The molecule has 2 bridgehead atoms. The van der Waals surface area contributed by atoms with E-state index in [1.165, 1.54) is 16.7 Å². The molecule has 6 nitrogen and oxygen atoms in total. The van der Waals surface area contributed by atoms with Crippen molar-refractivity contribution in [2.24, 2.45) is 0 Å². The van der Waals surface area contributed by atoms with Gasteiger partial charge in [-0.1, -0.05) is 42.5 Å². The number of aromatic nitrogens is 1. The van der Waals surface area contributed by atoms with Crippen molar-refractivity contribution >= 4 is 11.5 Å². The standard InChI is InChI=1S/C31H33N3O3/c1-35-29-11-8-24(9-12-29)22-34-15-16-36-17-18-37-30-13-10-28(33-31-7-2-3-14-32-31)21-27(30)20-25-5-4-6-26(19-25)23-34/h2-14,19,21H,15-18,20,22-23H2,1H3,(H,32,33). The minimum Gasteiger partial charge on any atom is -0.497 e. The predicted octanol–water partition coefficient (Wildman–Crippen LogP) is 5.84. The SMILES string of the molecule is COc1ccc(CN2CCOCCOc3ccc(Nc4ccccn4)cc3Cc3cccc(c3)C2)cc1. The van der Waals surface area contributed by atoms with Crippen LogP contribution in [0.4, 0.5) is 11.5 Å². The first kappa shape index (κ1) is 24.8. The Hall–Kier alpha value is -3.87. The molecule has 4 aromatic rings. The summed E-state index contributed by atoms with van der Waals surface area (Å²) in [5, 5.41) is 3.40. The highest BCUT2D eigenvalue weighted by Gasteiger charge is 2.12. The zero-order valence-electron chi connectivity index (χ0n) is 21.2. The topological polar surface area (TPSA) is 55.9 Å². The molecule has 0 aliphatic carbocycles. The molecule has 6 heteroatoms. The summed E-state index contributed by atoms with van der Waals surface area (Å²) in [5.74, 6) is 2.58. The summed E-state index contributed by atoms with van der Waals surface area (Å²) in [4.78, 5) is 6.81. The van der Waals surface area contributed by atoms with Gasteiger partial charge in [-0.25, -0.2) is 4.98 Å². The molecule has 0 saturated carbocycles. The fourth-order valence-corrected chi connectivity index (χ4v) is 4.55. The van der Waals surface area contributed by atoms with Gasteiger partial charge in [0.05, 0.1) is 20.3 Å². The van der Waals surface area contributed by atoms with Gasteiger partial charge in [-0.2, -0.15) is 0 Å². The maximum atomic E-state index is 6.16. The third kappa shape index (κ3) is 7.09. The Labute approximate surface area is 218 Å². The molecule has 1 aromatic heterocycles. The summed E-state index contributed by atoms with van der Waals surface area (Å²) in [6.07, 6.45) is 2.56. The van der Waals surface area contributed by atoms with Crippen LogP contribution in [0.5, 0.6) is 11.5 Å². The smallest absolute Gasteiger partial charge is 0.130 e. The third-order valence-corrected chi connectivity index (χ3v) is 6.39. The molecule has 0 radical (unpaired) electrons. The Morgan fingerprint density at radius 2 is 1.78 bits per heavy atom. The van der Waals surface area contributed by atoms with Crippen LogP contribution in [-0.4, -0.2) is 43.4 Å². The Bertz CT molecular complexity index is 1280. The second-order valence-electron chi connectivity index (χ2n) is 9.18. The molecular formula is C31H33N3O3. The lowest BCUT2D eigenvalue weighted by molar-refractivity contribution is 0.0757. The van der Waals surface area contributed by atoms with Gasteiger partial charge in [-0.15, -0.1) is 0 Å². The maximum Gasteiger partial charge on any atom is 0.130 e. The number of hydrogen-bond donors (Lipinski definition) is 1. The first-order chi connectivity index (χ1) is 18.2. The fraction of sp³-hybridized carbons (Fsp3) is 0.258. The van der Waals surface area contributed by atoms with Gasteiger partial charge in [0.1, 0.15) is 23.9 Å². The minimum atomic E-state index is 0.512. The number of nitrogens with zero attached hydrogens (tertiary/aromatic N) is 2. The Morgan fingerprint density at radius 3 is 2.62 bits per heavy atom. The monoisotopic (exact) mass is 495 g/mol. The van der Waals surface area contributed by atoms with Crippen LogP contribution in [0.3, 0.4) is 0 Å². The Morgan fingerprint density at radius 1 is 0.892 bits per heavy atom. The zero-order valence-corrected chi connectivity index (χ0v) is 21.2. The lowest BCUT2D eigenvalue weighted by atomic mass is 10.0. The summed E-state index contributed by atoms with van der Waals surface area (Å²) in [6.45, 7) is 4.26. The molecule has 1 aliphatic heterocycles. The van der Waals surface area contributed by atoms with Gasteiger partial charge in [0.25, 0.3) is 0 Å². The number of methoxy groups -OCH3 is 1. The minimum absolute atomic E-state index is 0.512. The second kappa shape index (κ2) is 12.4. The van der Waals surface area contributed by atoms with E-state index >= 15 is 0 Å². The van der Waals surface area contributed by atoms with Crippen molar-refractivity contribution in [1.29, 1.82) is 0 Å². The highest BCUT2D eigenvalue weighted by Crippen LogP contribution is 2.28. The van der Waals surface area contributed by atoms with E-state index in [1.807, 2.05) is 42.5 Å².